The largest absolute Gasteiger partial charge is 0.467 e. The number of methoxy groups -OCH3 is 1. The van der Waals surface area contributed by atoms with Gasteiger partial charge < -0.3 is 15.4 Å². The van der Waals surface area contributed by atoms with Gasteiger partial charge in [0.05, 0.1) is 7.11 Å². The maximum absolute atomic E-state index is 13.5. The van der Waals surface area contributed by atoms with E-state index in [2.05, 4.69) is 10.6 Å². The molecule has 2 atom stereocenters. The van der Waals surface area contributed by atoms with Crippen LogP contribution in [0.3, 0.4) is 0 Å². The van der Waals surface area contributed by atoms with E-state index < -0.39 is 35.7 Å². The Labute approximate surface area is 173 Å². The minimum Gasteiger partial charge on any atom is -0.467 e. The van der Waals surface area contributed by atoms with Crippen molar-refractivity contribution in [3.05, 3.63) is 70.5 Å². The Morgan fingerprint density at radius 1 is 1.00 bits per heavy atom. The number of carbonyl (C=O) groups is 3. The van der Waals surface area contributed by atoms with Gasteiger partial charge in [-0.05, 0) is 35.4 Å². The fourth-order valence-electron chi connectivity index (χ4n) is 2.86. The number of rotatable bonds is 8. The number of hydrogen-bond acceptors (Lipinski definition) is 4. The summed E-state index contributed by atoms with van der Waals surface area (Å²) in [4.78, 5) is 36.5. The molecule has 0 spiro atoms. The number of hydrogen-bond donors (Lipinski definition) is 2. The molecule has 2 N–H and O–H groups in total. The minimum absolute atomic E-state index is 0.0637. The van der Waals surface area contributed by atoms with E-state index in [-0.39, 0.29) is 12.8 Å². The van der Waals surface area contributed by atoms with Gasteiger partial charge in [0.15, 0.2) is 0 Å². The molecule has 2 aromatic carbocycles. The van der Waals surface area contributed by atoms with Gasteiger partial charge in [0.1, 0.15) is 17.9 Å². The minimum atomic E-state index is -0.985. The molecule has 0 fully saturated rings. The number of benzene rings is 2. The molecule has 0 aliphatic heterocycles. The van der Waals surface area contributed by atoms with E-state index in [0.717, 1.165) is 5.56 Å². The number of carbonyl (C=O) groups excluding carboxylic acids is 3. The highest BCUT2D eigenvalue weighted by Gasteiger charge is 2.27. The van der Waals surface area contributed by atoms with Crippen LogP contribution in [-0.4, -0.2) is 37.0 Å². The predicted octanol–water partition coefficient (Wildman–Crippen LogP) is 2.43. The van der Waals surface area contributed by atoms with Gasteiger partial charge in [0.2, 0.25) is 11.8 Å². The summed E-state index contributed by atoms with van der Waals surface area (Å²) in [6, 6.07) is 10.7. The second kappa shape index (κ2) is 10.6. The van der Waals surface area contributed by atoms with Crippen molar-refractivity contribution in [2.75, 3.05) is 7.11 Å². The monoisotopic (exact) mass is 420 g/mol. The van der Waals surface area contributed by atoms with Crippen LogP contribution in [0.15, 0.2) is 48.5 Å². The molecule has 154 valence electrons. The van der Waals surface area contributed by atoms with Crippen molar-refractivity contribution in [1.29, 1.82) is 0 Å². The summed E-state index contributed by atoms with van der Waals surface area (Å²) in [5.41, 5.74) is 1.26. The smallest absolute Gasteiger partial charge is 0.328 e. The highest BCUT2D eigenvalue weighted by molar-refractivity contribution is 6.30. The molecular weight excluding hydrogens is 399 g/mol. The van der Waals surface area contributed by atoms with Crippen molar-refractivity contribution in [3.8, 4) is 0 Å². The average molecular weight is 421 g/mol. The lowest BCUT2D eigenvalue weighted by atomic mass is 10.0. The second-order valence-electron chi connectivity index (χ2n) is 6.51. The summed E-state index contributed by atoms with van der Waals surface area (Å²) in [5, 5.41) is 5.65. The first-order valence-electron chi connectivity index (χ1n) is 8.92. The van der Waals surface area contributed by atoms with Crippen LogP contribution in [0.25, 0.3) is 0 Å². The summed E-state index contributed by atoms with van der Waals surface area (Å²) >= 11 is 5.98. The van der Waals surface area contributed by atoms with Crippen molar-refractivity contribution < 1.29 is 23.5 Å². The Morgan fingerprint density at radius 3 is 2.21 bits per heavy atom. The first kappa shape index (κ1) is 22.4. The van der Waals surface area contributed by atoms with Gasteiger partial charge in [-0.1, -0.05) is 35.9 Å². The van der Waals surface area contributed by atoms with E-state index in [1.165, 1.54) is 32.2 Å². The van der Waals surface area contributed by atoms with Crippen LogP contribution < -0.4 is 10.6 Å². The molecule has 2 amide bonds. The van der Waals surface area contributed by atoms with Crippen LogP contribution in [0, 0.1) is 5.82 Å². The Bertz CT molecular complexity index is 890. The van der Waals surface area contributed by atoms with Crippen LogP contribution in [0.1, 0.15) is 18.1 Å². The number of ether oxygens (including phenoxy) is 1. The lowest BCUT2D eigenvalue weighted by Gasteiger charge is -2.22. The summed E-state index contributed by atoms with van der Waals surface area (Å²) in [5.74, 6) is -2.09. The normalized spacial score (nSPS) is 12.6. The zero-order valence-corrected chi connectivity index (χ0v) is 16.8. The SMILES string of the molecule is COC(=O)[C@@H](Cc1cccc(Cl)c1)NC(=O)[C@@H](Cc1cccc(F)c1)NC(C)=O. The van der Waals surface area contributed by atoms with E-state index in [4.69, 9.17) is 16.3 Å². The van der Waals surface area contributed by atoms with E-state index in [1.54, 1.807) is 30.3 Å². The highest BCUT2D eigenvalue weighted by Crippen LogP contribution is 2.13. The van der Waals surface area contributed by atoms with Gasteiger partial charge in [0, 0.05) is 24.8 Å². The topological polar surface area (TPSA) is 84.5 Å². The maximum atomic E-state index is 13.5. The number of nitrogens with one attached hydrogen (secondary N) is 2. The molecule has 0 saturated heterocycles. The van der Waals surface area contributed by atoms with E-state index >= 15 is 0 Å². The van der Waals surface area contributed by atoms with Crippen LogP contribution in [0.5, 0.6) is 0 Å². The molecular formula is C21H22ClFN2O4. The van der Waals surface area contributed by atoms with Crippen LogP contribution >= 0.6 is 11.6 Å². The van der Waals surface area contributed by atoms with Gasteiger partial charge in [-0.2, -0.15) is 0 Å². The molecule has 0 aliphatic rings. The molecule has 6 nitrogen and oxygen atoms in total. The standard InChI is InChI=1S/C21H22ClFN2O4/c1-13(26)24-18(11-15-6-4-8-17(23)10-15)20(27)25-19(21(28)29-2)12-14-5-3-7-16(22)9-14/h3-10,18-19H,11-12H2,1-2H3,(H,24,26)(H,25,27)/t18-,19-/m1/s1. The Balaban J connectivity index is 2.17. The highest BCUT2D eigenvalue weighted by atomic mass is 35.5. The Kier molecular flexibility index (Phi) is 8.15. The van der Waals surface area contributed by atoms with Crippen molar-refractivity contribution >= 4 is 29.4 Å². The van der Waals surface area contributed by atoms with Gasteiger partial charge in [0.25, 0.3) is 0 Å². The first-order valence-corrected chi connectivity index (χ1v) is 9.30. The average Bonchev–Trinajstić information content (AvgIpc) is 2.66. The van der Waals surface area contributed by atoms with Gasteiger partial charge in [-0.3, -0.25) is 9.59 Å². The molecule has 0 heterocycles. The van der Waals surface area contributed by atoms with Crippen molar-refractivity contribution in [3.63, 3.8) is 0 Å². The summed E-state index contributed by atoms with van der Waals surface area (Å²) < 4.78 is 18.2. The molecule has 0 unspecified atom stereocenters. The molecule has 0 aromatic heterocycles. The third-order valence-electron chi connectivity index (χ3n) is 4.15. The van der Waals surface area contributed by atoms with Crippen molar-refractivity contribution in [2.24, 2.45) is 0 Å². The maximum Gasteiger partial charge on any atom is 0.328 e. The number of esters is 1. The molecule has 29 heavy (non-hydrogen) atoms. The van der Waals surface area contributed by atoms with Crippen LogP contribution in [0.2, 0.25) is 5.02 Å². The third kappa shape index (κ3) is 7.19. The lowest BCUT2D eigenvalue weighted by molar-refractivity contribution is -0.145. The summed E-state index contributed by atoms with van der Waals surface area (Å²) in [6.45, 7) is 1.27. The summed E-state index contributed by atoms with van der Waals surface area (Å²) in [6.07, 6.45) is 0.222. The molecule has 0 bridgehead atoms. The fraction of sp³-hybridized carbons (Fsp3) is 0.286. The Morgan fingerprint density at radius 2 is 1.62 bits per heavy atom. The van der Waals surface area contributed by atoms with Gasteiger partial charge in [-0.15, -0.1) is 0 Å². The third-order valence-corrected chi connectivity index (χ3v) is 4.39. The number of amides is 2. The molecule has 0 aliphatic carbocycles. The van der Waals surface area contributed by atoms with Crippen molar-refractivity contribution in [1.82, 2.24) is 10.6 Å². The zero-order valence-electron chi connectivity index (χ0n) is 16.1. The van der Waals surface area contributed by atoms with E-state index in [0.29, 0.717) is 10.6 Å². The Hall–Kier alpha value is -2.93. The second-order valence-corrected chi connectivity index (χ2v) is 6.94. The van der Waals surface area contributed by atoms with E-state index in [9.17, 15) is 18.8 Å². The summed E-state index contributed by atoms with van der Waals surface area (Å²) in [7, 11) is 1.22. The predicted molar refractivity (Wildman–Crippen MR) is 107 cm³/mol. The molecule has 8 heteroatoms. The quantitative estimate of drug-likeness (QED) is 0.642. The van der Waals surface area contributed by atoms with Gasteiger partial charge in [-0.25, -0.2) is 9.18 Å². The van der Waals surface area contributed by atoms with E-state index in [1.807, 2.05) is 0 Å². The zero-order chi connectivity index (χ0) is 21.4. The molecule has 2 rings (SSSR count). The van der Waals surface area contributed by atoms with Crippen LogP contribution in [0.4, 0.5) is 4.39 Å². The number of halogens is 2. The van der Waals surface area contributed by atoms with Crippen LogP contribution in [-0.2, 0) is 32.0 Å². The molecule has 0 saturated carbocycles. The lowest BCUT2D eigenvalue weighted by Crippen LogP contribution is -2.53. The van der Waals surface area contributed by atoms with Gasteiger partial charge >= 0.3 is 5.97 Å². The first-order chi connectivity index (χ1) is 13.8. The molecule has 0 radical (unpaired) electrons. The molecule has 2 aromatic rings. The van der Waals surface area contributed by atoms with Crippen molar-refractivity contribution in [2.45, 2.75) is 31.8 Å². The fourth-order valence-corrected chi connectivity index (χ4v) is 3.07.